The second kappa shape index (κ2) is 2.47. The van der Waals surface area contributed by atoms with Gasteiger partial charge in [0.15, 0.2) is 0 Å². The molecule has 1 amide bonds. The van der Waals surface area contributed by atoms with Crippen molar-refractivity contribution in [2.24, 2.45) is 17.8 Å². The summed E-state index contributed by atoms with van der Waals surface area (Å²) in [6, 6.07) is 0. The molecule has 1 heterocycles. The number of rotatable bonds is 2. The molecule has 1 N–H and O–H groups in total. The van der Waals surface area contributed by atoms with Gasteiger partial charge in [0.2, 0.25) is 5.91 Å². The highest BCUT2D eigenvalue weighted by Crippen LogP contribution is 2.49. The van der Waals surface area contributed by atoms with Crippen molar-refractivity contribution >= 4 is 11.9 Å². The molecule has 4 nitrogen and oxygen atoms in total. The van der Waals surface area contributed by atoms with Gasteiger partial charge in [-0.15, -0.1) is 0 Å². The maximum atomic E-state index is 11.2. The molecule has 0 spiro atoms. The highest BCUT2D eigenvalue weighted by atomic mass is 16.5. The lowest BCUT2D eigenvalue weighted by molar-refractivity contribution is -0.146. The van der Waals surface area contributed by atoms with Gasteiger partial charge in [0.05, 0.1) is 18.4 Å². The maximum Gasteiger partial charge on any atom is 0.310 e. The number of fused-ring (bicyclic) bond motifs is 1. The van der Waals surface area contributed by atoms with Gasteiger partial charge in [-0.25, -0.2) is 0 Å². The molecule has 3 unspecified atom stereocenters. The molecule has 66 valence electrons. The predicted molar refractivity (Wildman–Crippen MR) is 40.1 cm³/mol. The average molecular weight is 169 g/mol. The zero-order chi connectivity index (χ0) is 8.72. The van der Waals surface area contributed by atoms with E-state index in [0.717, 1.165) is 0 Å². The van der Waals surface area contributed by atoms with Crippen LogP contribution in [-0.2, 0) is 14.3 Å². The fraction of sp³-hybridized carbons (Fsp3) is 0.750. The highest BCUT2D eigenvalue weighted by Gasteiger charge is 2.63. The Morgan fingerprint density at radius 1 is 1.75 bits per heavy atom. The van der Waals surface area contributed by atoms with Crippen LogP contribution in [0.15, 0.2) is 0 Å². The summed E-state index contributed by atoms with van der Waals surface area (Å²) < 4.78 is 4.83. The van der Waals surface area contributed by atoms with Crippen LogP contribution in [0.1, 0.15) is 6.92 Å². The van der Waals surface area contributed by atoms with Crippen LogP contribution >= 0.6 is 0 Å². The molecule has 0 bridgehead atoms. The molecular formula is C8H11NO3. The van der Waals surface area contributed by atoms with Crippen molar-refractivity contribution in [2.75, 3.05) is 13.2 Å². The van der Waals surface area contributed by atoms with Crippen molar-refractivity contribution < 1.29 is 14.3 Å². The monoisotopic (exact) mass is 169 g/mol. The Labute approximate surface area is 70.3 Å². The molecule has 3 atom stereocenters. The minimum Gasteiger partial charge on any atom is -0.466 e. The van der Waals surface area contributed by atoms with E-state index in [1.807, 2.05) is 0 Å². The standard InChI is InChI=1S/C8H11NO3/c1-2-12-8(11)6-4-3-9-7(10)5(4)6/h4-6H,2-3H2,1H3,(H,9,10). The molecule has 1 aliphatic carbocycles. The summed E-state index contributed by atoms with van der Waals surface area (Å²) in [5.74, 6) is -0.195. The summed E-state index contributed by atoms with van der Waals surface area (Å²) in [5.41, 5.74) is 0. The van der Waals surface area contributed by atoms with E-state index in [2.05, 4.69) is 5.32 Å². The molecule has 1 saturated carbocycles. The van der Waals surface area contributed by atoms with E-state index in [1.54, 1.807) is 6.92 Å². The van der Waals surface area contributed by atoms with Crippen LogP contribution in [0.3, 0.4) is 0 Å². The molecule has 0 aromatic rings. The van der Waals surface area contributed by atoms with Crippen molar-refractivity contribution in [2.45, 2.75) is 6.92 Å². The van der Waals surface area contributed by atoms with E-state index in [4.69, 9.17) is 4.74 Å². The number of carbonyl (C=O) groups is 2. The highest BCUT2D eigenvalue weighted by molar-refractivity contribution is 5.93. The number of ether oxygens (including phenoxy) is 1. The summed E-state index contributed by atoms with van der Waals surface area (Å²) in [5, 5.41) is 2.70. The fourth-order valence-electron chi connectivity index (χ4n) is 1.88. The molecule has 4 heteroatoms. The van der Waals surface area contributed by atoms with E-state index < -0.39 is 0 Å². The first-order chi connectivity index (χ1) is 5.75. The zero-order valence-electron chi connectivity index (χ0n) is 6.87. The largest absolute Gasteiger partial charge is 0.466 e. The Morgan fingerprint density at radius 3 is 3.00 bits per heavy atom. The number of carbonyl (C=O) groups excluding carboxylic acids is 2. The lowest BCUT2D eigenvalue weighted by Crippen LogP contribution is -2.25. The molecule has 2 rings (SSSR count). The summed E-state index contributed by atoms with van der Waals surface area (Å²) >= 11 is 0. The summed E-state index contributed by atoms with van der Waals surface area (Å²) in [6.45, 7) is 2.82. The van der Waals surface area contributed by atoms with Crippen molar-refractivity contribution in [1.29, 1.82) is 0 Å². The number of esters is 1. The van der Waals surface area contributed by atoms with E-state index in [9.17, 15) is 9.59 Å². The van der Waals surface area contributed by atoms with Gasteiger partial charge in [0.1, 0.15) is 0 Å². The fourth-order valence-corrected chi connectivity index (χ4v) is 1.88. The van der Waals surface area contributed by atoms with Crippen molar-refractivity contribution in [3.05, 3.63) is 0 Å². The lowest BCUT2D eigenvalue weighted by atomic mass is 10.3. The predicted octanol–water partition coefficient (Wildman–Crippen LogP) is -0.459. The molecule has 1 aliphatic heterocycles. The molecule has 1 saturated heterocycles. The van der Waals surface area contributed by atoms with Gasteiger partial charge in [-0.1, -0.05) is 0 Å². The van der Waals surface area contributed by atoms with Crippen LogP contribution in [0.2, 0.25) is 0 Å². The topological polar surface area (TPSA) is 55.4 Å². The maximum absolute atomic E-state index is 11.2. The third-order valence-electron chi connectivity index (χ3n) is 2.54. The second-order valence-electron chi connectivity index (χ2n) is 3.21. The van der Waals surface area contributed by atoms with Gasteiger partial charge in [-0.3, -0.25) is 9.59 Å². The SMILES string of the molecule is CCOC(=O)C1C2CNC(=O)C21. The molecule has 12 heavy (non-hydrogen) atoms. The van der Waals surface area contributed by atoms with Crippen LogP contribution in [0.25, 0.3) is 0 Å². The number of nitrogens with one attached hydrogen (secondary N) is 1. The van der Waals surface area contributed by atoms with Gasteiger partial charge in [0, 0.05) is 12.5 Å². The summed E-state index contributed by atoms with van der Waals surface area (Å²) in [7, 11) is 0. The summed E-state index contributed by atoms with van der Waals surface area (Å²) in [4.78, 5) is 22.2. The van der Waals surface area contributed by atoms with Gasteiger partial charge in [-0.2, -0.15) is 0 Å². The molecule has 0 aromatic carbocycles. The van der Waals surface area contributed by atoms with Crippen LogP contribution in [-0.4, -0.2) is 25.0 Å². The van der Waals surface area contributed by atoms with Gasteiger partial charge in [0.25, 0.3) is 0 Å². The van der Waals surface area contributed by atoms with Gasteiger partial charge in [-0.05, 0) is 6.92 Å². The normalized spacial score (nSPS) is 37.1. The number of piperidine rings is 1. The summed E-state index contributed by atoms with van der Waals surface area (Å²) in [6.07, 6.45) is 0. The van der Waals surface area contributed by atoms with E-state index in [1.165, 1.54) is 0 Å². The van der Waals surface area contributed by atoms with Crippen LogP contribution < -0.4 is 5.32 Å². The number of hydrogen-bond acceptors (Lipinski definition) is 3. The Balaban J connectivity index is 1.94. The van der Waals surface area contributed by atoms with E-state index in [0.29, 0.717) is 13.2 Å². The first kappa shape index (κ1) is 7.58. The minimum absolute atomic E-state index is 0.0121. The second-order valence-corrected chi connectivity index (χ2v) is 3.21. The van der Waals surface area contributed by atoms with Crippen LogP contribution in [0.4, 0.5) is 0 Å². The van der Waals surface area contributed by atoms with Crippen LogP contribution in [0.5, 0.6) is 0 Å². The molecule has 0 aromatic heterocycles. The third kappa shape index (κ3) is 0.906. The first-order valence-electron chi connectivity index (χ1n) is 4.20. The Morgan fingerprint density at radius 2 is 2.50 bits per heavy atom. The Kier molecular flexibility index (Phi) is 1.56. The molecular weight excluding hydrogens is 158 g/mol. The quantitative estimate of drug-likeness (QED) is 0.569. The van der Waals surface area contributed by atoms with Crippen molar-refractivity contribution in [3.8, 4) is 0 Å². The van der Waals surface area contributed by atoms with Crippen molar-refractivity contribution in [3.63, 3.8) is 0 Å². The number of amides is 1. The molecule has 2 aliphatic rings. The first-order valence-corrected chi connectivity index (χ1v) is 4.20. The van der Waals surface area contributed by atoms with E-state index >= 15 is 0 Å². The molecule has 2 fully saturated rings. The van der Waals surface area contributed by atoms with Gasteiger partial charge >= 0.3 is 5.97 Å². The Bertz CT molecular complexity index is 238. The Hall–Kier alpha value is -1.06. The van der Waals surface area contributed by atoms with E-state index in [-0.39, 0.29) is 29.6 Å². The number of hydrogen-bond donors (Lipinski definition) is 1. The third-order valence-corrected chi connectivity index (χ3v) is 2.54. The van der Waals surface area contributed by atoms with Crippen LogP contribution in [0, 0.1) is 17.8 Å². The zero-order valence-corrected chi connectivity index (χ0v) is 6.87. The minimum atomic E-state index is -0.206. The smallest absolute Gasteiger partial charge is 0.310 e. The lowest BCUT2D eigenvalue weighted by Gasteiger charge is -2.03. The van der Waals surface area contributed by atoms with Crippen molar-refractivity contribution in [1.82, 2.24) is 5.32 Å². The average Bonchev–Trinajstić information content (AvgIpc) is 2.65. The molecule has 0 radical (unpaired) electrons. The van der Waals surface area contributed by atoms with Gasteiger partial charge < -0.3 is 10.1 Å².